The zero-order valence-electron chi connectivity index (χ0n) is 9.73. The van der Waals surface area contributed by atoms with Crippen LogP contribution in [0.25, 0.3) is 0 Å². The number of hydrogen-bond acceptors (Lipinski definition) is 1. The van der Waals surface area contributed by atoms with Gasteiger partial charge in [-0.25, -0.2) is 0 Å². The van der Waals surface area contributed by atoms with Crippen LogP contribution in [0.1, 0.15) is 58.8 Å². The van der Waals surface area contributed by atoms with Crippen molar-refractivity contribution in [2.45, 2.75) is 58.8 Å². The van der Waals surface area contributed by atoms with E-state index in [9.17, 15) is 0 Å². The van der Waals surface area contributed by atoms with Crippen molar-refractivity contribution in [2.24, 2.45) is 5.92 Å². The molecule has 0 radical (unpaired) electrons. The van der Waals surface area contributed by atoms with Crippen molar-refractivity contribution in [1.29, 1.82) is 0 Å². The van der Waals surface area contributed by atoms with E-state index in [1.165, 1.54) is 51.5 Å². The molecule has 2 heteroatoms. The predicted molar refractivity (Wildman–Crippen MR) is 63.7 cm³/mol. The highest BCUT2D eigenvalue weighted by Crippen LogP contribution is 2.15. The van der Waals surface area contributed by atoms with E-state index in [0.717, 1.165) is 5.92 Å². The first kappa shape index (κ1) is 13.0. The number of unbranched alkanes of at least 4 members (excludes halogenated alkanes) is 3. The Morgan fingerprint density at radius 1 is 1.08 bits per heavy atom. The van der Waals surface area contributed by atoms with E-state index in [1.807, 2.05) is 7.98 Å². The van der Waals surface area contributed by atoms with Gasteiger partial charge < -0.3 is 5.23 Å². The van der Waals surface area contributed by atoms with Crippen LogP contribution < -0.4 is 5.23 Å². The molecule has 0 spiro atoms. The molecule has 0 amide bonds. The first-order chi connectivity index (χ1) is 6.31. The SMILES string of the molecule is BNCCCCC(C)CCCCC. The lowest BCUT2D eigenvalue weighted by Gasteiger charge is -2.10. The summed E-state index contributed by atoms with van der Waals surface area (Å²) in [5.74, 6) is 0.948. The lowest BCUT2D eigenvalue weighted by atomic mass is 9.97. The van der Waals surface area contributed by atoms with Crippen molar-refractivity contribution in [3.05, 3.63) is 0 Å². The minimum Gasteiger partial charge on any atom is -0.362 e. The van der Waals surface area contributed by atoms with Gasteiger partial charge >= 0.3 is 0 Å². The molecule has 0 aromatic heterocycles. The third-order valence-electron chi connectivity index (χ3n) is 2.67. The molecule has 0 bridgehead atoms. The molecule has 0 fully saturated rings. The van der Waals surface area contributed by atoms with Gasteiger partial charge in [0.2, 0.25) is 0 Å². The van der Waals surface area contributed by atoms with Gasteiger partial charge in [0, 0.05) is 0 Å². The van der Waals surface area contributed by atoms with Crippen LogP contribution in [0.5, 0.6) is 0 Å². The predicted octanol–water partition coefficient (Wildman–Crippen LogP) is 2.51. The lowest BCUT2D eigenvalue weighted by molar-refractivity contribution is 0.444. The van der Waals surface area contributed by atoms with Crippen LogP contribution in [0.3, 0.4) is 0 Å². The molecular formula is C11H26BN. The maximum atomic E-state index is 3.19. The Labute approximate surface area is 85.1 Å². The summed E-state index contributed by atoms with van der Waals surface area (Å²) in [6.07, 6.45) is 9.80. The van der Waals surface area contributed by atoms with E-state index in [-0.39, 0.29) is 0 Å². The number of rotatable bonds is 9. The van der Waals surface area contributed by atoms with Gasteiger partial charge in [0.15, 0.2) is 7.98 Å². The molecule has 0 saturated carbocycles. The standard InChI is InChI=1S/C11H26BN/c1-3-4-5-8-11(2)9-6-7-10-13-12/h11,13H,3-10,12H2,1-2H3. The highest BCUT2D eigenvalue weighted by molar-refractivity contribution is 6.04. The molecule has 13 heavy (non-hydrogen) atoms. The summed E-state index contributed by atoms with van der Waals surface area (Å²) in [7, 11) is 2.03. The zero-order valence-corrected chi connectivity index (χ0v) is 9.73. The molecule has 1 nitrogen and oxygen atoms in total. The Bertz CT molecular complexity index is 96.1. The van der Waals surface area contributed by atoms with Gasteiger partial charge in [-0.15, -0.1) is 0 Å². The van der Waals surface area contributed by atoms with Crippen molar-refractivity contribution in [1.82, 2.24) is 5.23 Å². The monoisotopic (exact) mass is 183 g/mol. The molecule has 0 aliphatic rings. The van der Waals surface area contributed by atoms with Gasteiger partial charge in [-0.1, -0.05) is 52.4 Å². The molecule has 78 valence electrons. The van der Waals surface area contributed by atoms with E-state index in [2.05, 4.69) is 19.1 Å². The number of nitrogens with one attached hydrogen (secondary N) is 1. The van der Waals surface area contributed by atoms with Crippen LogP contribution in [-0.4, -0.2) is 14.5 Å². The van der Waals surface area contributed by atoms with Crippen molar-refractivity contribution in [2.75, 3.05) is 6.54 Å². The molecule has 0 rings (SSSR count). The Morgan fingerprint density at radius 2 is 1.69 bits per heavy atom. The molecule has 1 N–H and O–H groups in total. The van der Waals surface area contributed by atoms with Gasteiger partial charge in [-0.05, 0) is 18.9 Å². The lowest BCUT2D eigenvalue weighted by Crippen LogP contribution is -2.09. The highest BCUT2D eigenvalue weighted by atomic mass is 14.7. The fraction of sp³-hybridized carbons (Fsp3) is 1.00. The Kier molecular flexibility index (Phi) is 10.1. The average Bonchev–Trinajstić information content (AvgIpc) is 2.13. The van der Waals surface area contributed by atoms with Gasteiger partial charge in [0.25, 0.3) is 0 Å². The van der Waals surface area contributed by atoms with E-state index < -0.39 is 0 Å². The van der Waals surface area contributed by atoms with E-state index in [1.54, 1.807) is 0 Å². The maximum absolute atomic E-state index is 3.19. The second kappa shape index (κ2) is 10.1. The van der Waals surface area contributed by atoms with Crippen molar-refractivity contribution in [3.63, 3.8) is 0 Å². The van der Waals surface area contributed by atoms with E-state index in [4.69, 9.17) is 0 Å². The summed E-state index contributed by atoms with van der Waals surface area (Å²) in [6, 6.07) is 0. The minimum atomic E-state index is 0.948. The topological polar surface area (TPSA) is 12.0 Å². The first-order valence-electron chi connectivity index (χ1n) is 5.95. The molecule has 0 aliphatic carbocycles. The van der Waals surface area contributed by atoms with Crippen LogP contribution in [0, 0.1) is 5.92 Å². The average molecular weight is 183 g/mol. The highest BCUT2D eigenvalue weighted by Gasteiger charge is 2.00. The minimum absolute atomic E-state index is 0.948. The third kappa shape index (κ3) is 9.94. The molecule has 0 heterocycles. The molecule has 1 atom stereocenters. The fourth-order valence-electron chi connectivity index (χ4n) is 1.68. The van der Waals surface area contributed by atoms with Crippen LogP contribution >= 0.6 is 0 Å². The van der Waals surface area contributed by atoms with Crippen LogP contribution in [0.15, 0.2) is 0 Å². The van der Waals surface area contributed by atoms with Crippen LogP contribution in [0.4, 0.5) is 0 Å². The summed E-state index contributed by atoms with van der Waals surface area (Å²) < 4.78 is 0. The third-order valence-corrected chi connectivity index (χ3v) is 2.67. The fourth-order valence-corrected chi connectivity index (χ4v) is 1.68. The zero-order chi connectivity index (χ0) is 9.94. The Balaban J connectivity index is 3.05. The molecule has 0 aromatic carbocycles. The summed E-state index contributed by atoms with van der Waals surface area (Å²) in [5, 5.41) is 3.19. The van der Waals surface area contributed by atoms with Gasteiger partial charge in [0.05, 0.1) is 0 Å². The normalized spacial score (nSPS) is 13.1. The van der Waals surface area contributed by atoms with Gasteiger partial charge in [0.1, 0.15) is 0 Å². The molecule has 1 unspecified atom stereocenters. The number of hydrogen-bond donors (Lipinski definition) is 1. The Hall–Kier alpha value is 0.0249. The summed E-state index contributed by atoms with van der Waals surface area (Å²) in [6.45, 7) is 5.86. The molecule has 0 aliphatic heterocycles. The van der Waals surface area contributed by atoms with Gasteiger partial charge in [-0.2, -0.15) is 0 Å². The van der Waals surface area contributed by atoms with Crippen molar-refractivity contribution >= 4 is 7.98 Å². The van der Waals surface area contributed by atoms with E-state index in [0.29, 0.717) is 0 Å². The molecular weight excluding hydrogens is 157 g/mol. The quantitative estimate of drug-likeness (QED) is 0.427. The molecule has 0 aromatic rings. The van der Waals surface area contributed by atoms with Crippen LogP contribution in [0.2, 0.25) is 0 Å². The maximum Gasteiger partial charge on any atom is 0.181 e. The van der Waals surface area contributed by atoms with Crippen LogP contribution in [-0.2, 0) is 0 Å². The summed E-state index contributed by atoms with van der Waals surface area (Å²) in [5.41, 5.74) is 0. The van der Waals surface area contributed by atoms with Crippen molar-refractivity contribution < 1.29 is 0 Å². The largest absolute Gasteiger partial charge is 0.362 e. The summed E-state index contributed by atoms with van der Waals surface area (Å²) in [4.78, 5) is 0. The second-order valence-corrected chi connectivity index (χ2v) is 4.20. The molecule has 0 saturated heterocycles. The van der Waals surface area contributed by atoms with Gasteiger partial charge in [-0.3, -0.25) is 0 Å². The van der Waals surface area contributed by atoms with Crippen molar-refractivity contribution in [3.8, 4) is 0 Å². The second-order valence-electron chi connectivity index (χ2n) is 4.20. The Morgan fingerprint density at radius 3 is 2.23 bits per heavy atom. The smallest absolute Gasteiger partial charge is 0.181 e. The first-order valence-corrected chi connectivity index (χ1v) is 5.95. The summed E-state index contributed by atoms with van der Waals surface area (Å²) >= 11 is 0. The van der Waals surface area contributed by atoms with E-state index >= 15 is 0 Å².